The van der Waals surface area contributed by atoms with Crippen molar-refractivity contribution in [2.75, 3.05) is 0 Å². The molecule has 2 unspecified atom stereocenters. The third-order valence-electron chi connectivity index (χ3n) is 2.27. The SMILES string of the molecule is CC1C=CC(C)(OOC(C)(C)C)C(=O)C1. The zero-order valence-corrected chi connectivity index (χ0v) is 10.2. The minimum atomic E-state index is -0.917. The molecule has 0 aromatic heterocycles. The molecule has 1 aliphatic carbocycles. The predicted octanol–water partition coefficient (Wildman–Crippen LogP) is 2.66. The molecule has 0 N–H and O–H groups in total. The van der Waals surface area contributed by atoms with Gasteiger partial charge in [-0.1, -0.05) is 13.0 Å². The van der Waals surface area contributed by atoms with E-state index in [-0.39, 0.29) is 5.78 Å². The van der Waals surface area contributed by atoms with Crippen LogP contribution in [0.4, 0.5) is 0 Å². The van der Waals surface area contributed by atoms with Crippen molar-refractivity contribution in [1.82, 2.24) is 0 Å². The van der Waals surface area contributed by atoms with Gasteiger partial charge in [-0.05, 0) is 39.7 Å². The Hall–Kier alpha value is -0.670. The number of carbonyl (C=O) groups excluding carboxylic acids is 1. The molecule has 3 heteroatoms. The number of hydrogen-bond acceptors (Lipinski definition) is 3. The van der Waals surface area contributed by atoms with Gasteiger partial charge in [-0.25, -0.2) is 9.78 Å². The molecule has 0 saturated heterocycles. The van der Waals surface area contributed by atoms with Crippen LogP contribution < -0.4 is 0 Å². The van der Waals surface area contributed by atoms with Gasteiger partial charge in [0.15, 0.2) is 11.4 Å². The van der Waals surface area contributed by atoms with Crippen LogP contribution in [0.25, 0.3) is 0 Å². The third-order valence-corrected chi connectivity index (χ3v) is 2.27. The van der Waals surface area contributed by atoms with E-state index >= 15 is 0 Å². The number of carbonyl (C=O) groups is 1. The molecule has 1 rings (SSSR count). The Bertz CT molecular complexity index is 275. The van der Waals surface area contributed by atoms with Crippen LogP contribution >= 0.6 is 0 Å². The van der Waals surface area contributed by atoms with Gasteiger partial charge in [0.25, 0.3) is 0 Å². The summed E-state index contributed by atoms with van der Waals surface area (Å²) in [7, 11) is 0. The molecule has 2 atom stereocenters. The van der Waals surface area contributed by atoms with Crippen molar-refractivity contribution in [1.29, 1.82) is 0 Å². The zero-order valence-electron chi connectivity index (χ0n) is 10.2. The van der Waals surface area contributed by atoms with Crippen LogP contribution in [0.15, 0.2) is 12.2 Å². The number of hydrogen-bond donors (Lipinski definition) is 0. The minimum absolute atomic E-state index is 0.0711. The third kappa shape index (κ3) is 3.43. The Kier molecular flexibility index (Phi) is 3.36. The van der Waals surface area contributed by atoms with E-state index < -0.39 is 11.2 Å². The van der Waals surface area contributed by atoms with Crippen molar-refractivity contribution in [2.24, 2.45) is 5.92 Å². The highest BCUT2D eigenvalue weighted by Crippen LogP contribution is 2.27. The maximum Gasteiger partial charge on any atom is 0.177 e. The lowest BCUT2D eigenvalue weighted by atomic mass is 9.86. The molecule has 1 aliphatic rings. The largest absolute Gasteiger partial charge is 0.296 e. The molecule has 3 nitrogen and oxygen atoms in total. The maximum atomic E-state index is 11.8. The lowest BCUT2D eigenvalue weighted by molar-refractivity contribution is -0.381. The standard InChI is InChI=1S/C12H20O3/c1-9-6-7-12(5,10(13)8-9)15-14-11(2,3)4/h6-7,9H,8H2,1-5H3. The monoisotopic (exact) mass is 212 g/mol. The van der Waals surface area contributed by atoms with Crippen LogP contribution in [0.2, 0.25) is 0 Å². The fourth-order valence-electron chi connectivity index (χ4n) is 1.29. The average Bonchev–Trinajstić information content (AvgIpc) is 2.08. The van der Waals surface area contributed by atoms with Crippen molar-refractivity contribution >= 4 is 5.78 Å². The Labute approximate surface area is 91.4 Å². The molecular formula is C12H20O3. The van der Waals surface area contributed by atoms with E-state index in [1.54, 1.807) is 13.0 Å². The van der Waals surface area contributed by atoms with Crippen LogP contribution in [0.3, 0.4) is 0 Å². The van der Waals surface area contributed by atoms with E-state index in [1.807, 2.05) is 33.8 Å². The van der Waals surface area contributed by atoms with Crippen molar-refractivity contribution in [2.45, 2.75) is 52.2 Å². The second kappa shape index (κ2) is 4.06. The number of rotatable bonds is 2. The molecule has 0 aliphatic heterocycles. The summed E-state index contributed by atoms with van der Waals surface area (Å²) in [6.07, 6.45) is 4.29. The van der Waals surface area contributed by atoms with E-state index in [9.17, 15) is 4.79 Å². The Morgan fingerprint density at radius 1 is 1.47 bits per heavy atom. The highest BCUT2D eigenvalue weighted by atomic mass is 17.2. The second-order valence-electron chi connectivity index (χ2n) is 5.35. The zero-order chi connectivity index (χ0) is 11.7. The summed E-state index contributed by atoms with van der Waals surface area (Å²) in [5.41, 5.74) is -1.32. The summed E-state index contributed by atoms with van der Waals surface area (Å²) in [5.74, 6) is 0.366. The van der Waals surface area contributed by atoms with Gasteiger partial charge in [-0.15, -0.1) is 0 Å². The normalized spacial score (nSPS) is 32.1. The summed E-state index contributed by atoms with van der Waals surface area (Å²) in [6, 6.07) is 0. The molecule has 0 heterocycles. The molecule has 0 saturated carbocycles. The highest BCUT2D eigenvalue weighted by Gasteiger charge is 2.37. The lowest BCUT2D eigenvalue weighted by Gasteiger charge is -2.31. The van der Waals surface area contributed by atoms with Gasteiger partial charge >= 0.3 is 0 Å². The molecule has 0 spiro atoms. The highest BCUT2D eigenvalue weighted by molar-refractivity contribution is 5.90. The number of Topliss-reactive ketones (excluding diaryl/α,β-unsaturated/α-hetero) is 1. The maximum absolute atomic E-state index is 11.8. The molecule has 15 heavy (non-hydrogen) atoms. The quantitative estimate of drug-likeness (QED) is 0.401. The summed E-state index contributed by atoms with van der Waals surface area (Å²) in [6.45, 7) is 9.41. The van der Waals surface area contributed by atoms with E-state index in [0.717, 1.165) is 0 Å². The van der Waals surface area contributed by atoms with Crippen molar-refractivity contribution in [3.8, 4) is 0 Å². The Balaban J connectivity index is 2.66. The fraction of sp³-hybridized carbons (Fsp3) is 0.750. The molecule has 0 aromatic carbocycles. The first-order valence-electron chi connectivity index (χ1n) is 5.32. The molecule has 86 valence electrons. The van der Waals surface area contributed by atoms with Crippen molar-refractivity contribution in [3.63, 3.8) is 0 Å². The van der Waals surface area contributed by atoms with Gasteiger partial charge < -0.3 is 0 Å². The van der Waals surface area contributed by atoms with Gasteiger partial charge in [-0.3, -0.25) is 4.79 Å². The van der Waals surface area contributed by atoms with E-state index in [4.69, 9.17) is 9.78 Å². The van der Waals surface area contributed by atoms with Crippen LogP contribution in [-0.2, 0) is 14.6 Å². The van der Waals surface area contributed by atoms with Crippen LogP contribution in [-0.4, -0.2) is 17.0 Å². The summed E-state index contributed by atoms with van der Waals surface area (Å²) < 4.78 is 0. The Morgan fingerprint density at radius 2 is 2.07 bits per heavy atom. The lowest BCUT2D eigenvalue weighted by Crippen LogP contribution is -2.41. The van der Waals surface area contributed by atoms with Crippen LogP contribution in [0, 0.1) is 5.92 Å². The second-order valence-corrected chi connectivity index (χ2v) is 5.35. The summed E-state index contributed by atoms with van der Waals surface area (Å²) in [4.78, 5) is 22.3. The smallest absolute Gasteiger partial charge is 0.177 e. The van der Waals surface area contributed by atoms with Gasteiger partial charge in [0, 0.05) is 6.42 Å². The molecule has 0 radical (unpaired) electrons. The van der Waals surface area contributed by atoms with Crippen LogP contribution in [0.1, 0.15) is 41.0 Å². The van der Waals surface area contributed by atoms with Gasteiger partial charge in [0.2, 0.25) is 0 Å². The first-order valence-corrected chi connectivity index (χ1v) is 5.32. The topological polar surface area (TPSA) is 35.5 Å². The van der Waals surface area contributed by atoms with Crippen molar-refractivity contribution < 1.29 is 14.6 Å². The minimum Gasteiger partial charge on any atom is -0.296 e. The first-order chi connectivity index (χ1) is 6.73. The van der Waals surface area contributed by atoms with E-state index in [1.165, 1.54) is 0 Å². The molecule has 0 aromatic rings. The first kappa shape index (κ1) is 12.4. The van der Waals surface area contributed by atoms with Crippen LogP contribution in [0.5, 0.6) is 0 Å². The van der Waals surface area contributed by atoms with E-state index in [0.29, 0.717) is 12.3 Å². The van der Waals surface area contributed by atoms with Gasteiger partial charge in [0.05, 0.1) is 5.60 Å². The number of allylic oxidation sites excluding steroid dienone is 1. The fourth-order valence-corrected chi connectivity index (χ4v) is 1.29. The average molecular weight is 212 g/mol. The molecular weight excluding hydrogens is 192 g/mol. The Morgan fingerprint density at radius 3 is 2.53 bits per heavy atom. The van der Waals surface area contributed by atoms with Gasteiger partial charge in [-0.2, -0.15) is 0 Å². The predicted molar refractivity (Wildman–Crippen MR) is 58.3 cm³/mol. The van der Waals surface area contributed by atoms with E-state index in [2.05, 4.69) is 0 Å². The van der Waals surface area contributed by atoms with Crippen molar-refractivity contribution in [3.05, 3.63) is 12.2 Å². The summed E-state index contributed by atoms with van der Waals surface area (Å²) >= 11 is 0. The molecule has 0 fully saturated rings. The van der Waals surface area contributed by atoms with Gasteiger partial charge in [0.1, 0.15) is 0 Å². The number of ketones is 1. The molecule has 0 bridgehead atoms. The summed E-state index contributed by atoms with van der Waals surface area (Å²) in [5, 5.41) is 0. The molecule has 0 amide bonds.